The Kier molecular flexibility index (Phi) is 6.02. The summed E-state index contributed by atoms with van der Waals surface area (Å²) in [6.45, 7) is 5.99. The van der Waals surface area contributed by atoms with Crippen molar-refractivity contribution in [3.63, 3.8) is 0 Å². The predicted octanol–water partition coefficient (Wildman–Crippen LogP) is 3.10. The molecule has 0 bridgehead atoms. The van der Waals surface area contributed by atoms with Gasteiger partial charge < -0.3 is 14.8 Å². The van der Waals surface area contributed by atoms with Gasteiger partial charge in [0.25, 0.3) is 5.56 Å². The number of fused-ring (bicyclic) bond motifs is 1. The fourth-order valence-electron chi connectivity index (χ4n) is 3.97. The maximum Gasteiger partial charge on any atom is 0.251 e. The van der Waals surface area contributed by atoms with Crippen molar-refractivity contribution in [1.82, 2.24) is 19.8 Å². The smallest absolute Gasteiger partial charge is 0.251 e. The molecule has 5 nitrogen and oxygen atoms in total. The molecule has 0 spiro atoms. The summed E-state index contributed by atoms with van der Waals surface area (Å²) >= 11 is 0. The van der Waals surface area contributed by atoms with Gasteiger partial charge in [0, 0.05) is 37.9 Å². The van der Waals surface area contributed by atoms with Crippen molar-refractivity contribution < 1.29 is 4.39 Å². The first-order valence-corrected chi connectivity index (χ1v) is 10.3. The van der Waals surface area contributed by atoms with Crippen molar-refractivity contribution in [3.05, 3.63) is 76.0 Å². The minimum atomic E-state index is -0.141. The third-order valence-electron chi connectivity index (χ3n) is 5.82. The van der Waals surface area contributed by atoms with Crippen LogP contribution in [0.4, 0.5) is 4.39 Å². The van der Waals surface area contributed by atoms with Crippen LogP contribution >= 0.6 is 0 Å². The molecular weight excluding hydrogens is 367 g/mol. The van der Waals surface area contributed by atoms with E-state index in [1.165, 1.54) is 0 Å². The van der Waals surface area contributed by atoms with Crippen molar-refractivity contribution in [1.29, 1.82) is 0 Å². The summed E-state index contributed by atoms with van der Waals surface area (Å²) in [4.78, 5) is 19.0. The Hall–Kier alpha value is -2.57. The van der Waals surface area contributed by atoms with E-state index in [9.17, 15) is 9.18 Å². The van der Waals surface area contributed by atoms with Crippen LogP contribution in [0.2, 0.25) is 0 Å². The van der Waals surface area contributed by atoms with Crippen LogP contribution in [-0.4, -0.2) is 40.1 Å². The molecule has 0 unspecified atom stereocenters. The second-order valence-corrected chi connectivity index (χ2v) is 7.81. The van der Waals surface area contributed by atoms with Crippen molar-refractivity contribution in [2.45, 2.75) is 38.9 Å². The zero-order valence-corrected chi connectivity index (χ0v) is 16.8. The van der Waals surface area contributed by atoms with Gasteiger partial charge in [-0.2, -0.15) is 0 Å². The summed E-state index contributed by atoms with van der Waals surface area (Å²) in [6, 6.07) is 13.1. The Morgan fingerprint density at radius 1 is 1.14 bits per heavy atom. The van der Waals surface area contributed by atoms with E-state index in [-0.39, 0.29) is 11.4 Å². The second-order valence-electron chi connectivity index (χ2n) is 7.81. The van der Waals surface area contributed by atoms with E-state index in [0.29, 0.717) is 24.7 Å². The van der Waals surface area contributed by atoms with Crippen LogP contribution in [0.5, 0.6) is 0 Å². The Bertz CT molecular complexity index is 1040. The largest absolute Gasteiger partial charge is 0.310 e. The average molecular weight is 394 g/mol. The topological polar surface area (TPSA) is 50.2 Å². The van der Waals surface area contributed by atoms with Crippen LogP contribution in [0.1, 0.15) is 24.0 Å². The van der Waals surface area contributed by atoms with Crippen LogP contribution < -0.4 is 10.9 Å². The van der Waals surface area contributed by atoms with Crippen molar-refractivity contribution >= 4 is 11.0 Å². The lowest BCUT2D eigenvalue weighted by molar-refractivity contribution is 0.191. The number of nitrogens with one attached hydrogen (secondary N) is 1. The highest BCUT2D eigenvalue weighted by Gasteiger charge is 2.19. The summed E-state index contributed by atoms with van der Waals surface area (Å²) in [5.74, 6) is -0.141. The quantitative estimate of drug-likeness (QED) is 0.698. The standard InChI is InChI=1S/C23H27FN4O/c1-17-4-5-18(15-20(17)24)16-26-19-8-11-27(12-9-19)13-14-28-22-3-2-10-25-21(22)6-7-23(28)29/h2-7,10,15,19,26H,8-9,11-14,16H2,1H3. The van der Waals surface area contributed by atoms with E-state index >= 15 is 0 Å². The molecule has 3 heterocycles. The monoisotopic (exact) mass is 394 g/mol. The third-order valence-corrected chi connectivity index (χ3v) is 5.82. The maximum atomic E-state index is 13.7. The minimum absolute atomic E-state index is 0.0207. The van der Waals surface area contributed by atoms with E-state index in [1.807, 2.05) is 28.8 Å². The van der Waals surface area contributed by atoms with Gasteiger partial charge in [0.2, 0.25) is 0 Å². The number of likely N-dealkylation sites (tertiary alicyclic amines) is 1. The van der Waals surface area contributed by atoms with Crippen molar-refractivity contribution in [2.75, 3.05) is 19.6 Å². The average Bonchev–Trinajstić information content (AvgIpc) is 2.75. The van der Waals surface area contributed by atoms with Gasteiger partial charge in [0.1, 0.15) is 5.82 Å². The van der Waals surface area contributed by atoms with Gasteiger partial charge in [-0.1, -0.05) is 12.1 Å². The van der Waals surface area contributed by atoms with Gasteiger partial charge in [-0.05, 0) is 68.2 Å². The van der Waals surface area contributed by atoms with E-state index in [0.717, 1.165) is 49.1 Å². The highest BCUT2D eigenvalue weighted by molar-refractivity contribution is 5.73. The highest BCUT2D eigenvalue weighted by Crippen LogP contribution is 2.14. The molecule has 1 aromatic carbocycles. The highest BCUT2D eigenvalue weighted by atomic mass is 19.1. The van der Waals surface area contributed by atoms with Gasteiger partial charge >= 0.3 is 0 Å². The number of aromatic nitrogens is 2. The first kappa shape index (κ1) is 19.7. The molecule has 1 N–H and O–H groups in total. The van der Waals surface area contributed by atoms with Crippen molar-refractivity contribution in [3.8, 4) is 0 Å². The first-order valence-electron chi connectivity index (χ1n) is 10.3. The molecule has 4 rings (SSSR count). The van der Waals surface area contributed by atoms with Gasteiger partial charge in [-0.15, -0.1) is 0 Å². The number of nitrogens with zero attached hydrogens (tertiary/aromatic N) is 3. The molecule has 0 aliphatic carbocycles. The molecule has 1 fully saturated rings. The van der Waals surface area contributed by atoms with Gasteiger partial charge in [0.05, 0.1) is 11.0 Å². The van der Waals surface area contributed by atoms with E-state index in [4.69, 9.17) is 0 Å². The number of aryl methyl sites for hydroxylation is 1. The molecule has 0 radical (unpaired) electrons. The summed E-state index contributed by atoms with van der Waals surface area (Å²) in [6.07, 6.45) is 3.86. The molecule has 1 aliphatic heterocycles. The van der Waals surface area contributed by atoms with E-state index in [1.54, 1.807) is 31.3 Å². The molecular formula is C23H27FN4O. The lowest BCUT2D eigenvalue weighted by Gasteiger charge is -2.32. The SMILES string of the molecule is Cc1ccc(CNC2CCN(CCn3c(=O)ccc4ncccc43)CC2)cc1F. The molecule has 1 aliphatic rings. The number of benzene rings is 1. The fourth-order valence-corrected chi connectivity index (χ4v) is 3.97. The van der Waals surface area contributed by atoms with Crippen LogP contribution in [0, 0.1) is 12.7 Å². The number of hydrogen-bond donors (Lipinski definition) is 1. The van der Waals surface area contributed by atoms with Crippen LogP contribution in [0.3, 0.4) is 0 Å². The predicted molar refractivity (Wildman–Crippen MR) is 113 cm³/mol. The molecule has 0 atom stereocenters. The Balaban J connectivity index is 1.28. The van der Waals surface area contributed by atoms with Crippen LogP contribution in [-0.2, 0) is 13.1 Å². The third kappa shape index (κ3) is 4.71. The lowest BCUT2D eigenvalue weighted by atomic mass is 10.0. The normalized spacial score (nSPS) is 15.8. The number of pyridine rings is 2. The Morgan fingerprint density at radius 2 is 1.97 bits per heavy atom. The number of rotatable bonds is 6. The summed E-state index contributed by atoms with van der Waals surface area (Å²) in [5.41, 5.74) is 3.43. The van der Waals surface area contributed by atoms with E-state index < -0.39 is 0 Å². The molecule has 2 aromatic heterocycles. The second kappa shape index (κ2) is 8.84. The molecule has 1 saturated heterocycles. The molecule has 152 valence electrons. The molecule has 6 heteroatoms. The van der Waals surface area contributed by atoms with Crippen molar-refractivity contribution in [2.24, 2.45) is 0 Å². The summed E-state index contributed by atoms with van der Waals surface area (Å²) in [5, 5.41) is 3.56. The molecule has 0 saturated carbocycles. The number of piperidine rings is 1. The number of halogens is 1. The van der Waals surface area contributed by atoms with Gasteiger partial charge in [-0.25, -0.2) is 4.39 Å². The zero-order valence-electron chi connectivity index (χ0n) is 16.8. The van der Waals surface area contributed by atoms with E-state index in [2.05, 4.69) is 15.2 Å². The minimum Gasteiger partial charge on any atom is -0.310 e. The summed E-state index contributed by atoms with van der Waals surface area (Å²) < 4.78 is 15.5. The Labute approximate surface area is 170 Å². The summed E-state index contributed by atoms with van der Waals surface area (Å²) in [7, 11) is 0. The lowest BCUT2D eigenvalue weighted by Crippen LogP contribution is -2.43. The van der Waals surface area contributed by atoms with Crippen LogP contribution in [0.15, 0.2) is 53.5 Å². The van der Waals surface area contributed by atoms with Gasteiger partial charge in [-0.3, -0.25) is 9.78 Å². The first-order chi connectivity index (χ1) is 14.1. The van der Waals surface area contributed by atoms with Gasteiger partial charge in [0.15, 0.2) is 0 Å². The fraction of sp³-hybridized carbons (Fsp3) is 0.391. The maximum absolute atomic E-state index is 13.7. The van der Waals surface area contributed by atoms with Crippen LogP contribution in [0.25, 0.3) is 11.0 Å². The molecule has 3 aromatic rings. The Morgan fingerprint density at radius 3 is 2.76 bits per heavy atom. The molecule has 29 heavy (non-hydrogen) atoms. The molecule has 0 amide bonds. The number of hydrogen-bond acceptors (Lipinski definition) is 4. The zero-order chi connectivity index (χ0) is 20.2.